The van der Waals surface area contributed by atoms with Crippen LogP contribution in [0.25, 0.3) is 10.9 Å². The number of pyridine rings is 1. The quantitative estimate of drug-likeness (QED) is 0.749. The van der Waals surface area contributed by atoms with E-state index in [9.17, 15) is 4.39 Å². The zero-order valence-corrected chi connectivity index (χ0v) is 7.79. The number of aliphatic hydroxyl groups excluding tert-OH is 1. The minimum atomic E-state index is -0.248. The first-order valence-corrected chi connectivity index (χ1v) is 4.37. The van der Waals surface area contributed by atoms with Gasteiger partial charge in [-0.05, 0) is 30.7 Å². The molecule has 0 atom stereocenters. The second kappa shape index (κ2) is 3.35. The Morgan fingerprint density at radius 2 is 2.21 bits per heavy atom. The lowest BCUT2D eigenvalue weighted by molar-refractivity contribution is 0.281. The summed E-state index contributed by atoms with van der Waals surface area (Å²) in [4.78, 5) is 4.11. The number of aliphatic hydroxyl groups is 1. The van der Waals surface area contributed by atoms with Crippen molar-refractivity contribution in [1.29, 1.82) is 0 Å². The van der Waals surface area contributed by atoms with E-state index in [-0.39, 0.29) is 12.4 Å². The van der Waals surface area contributed by atoms with Crippen LogP contribution in [0.5, 0.6) is 0 Å². The van der Waals surface area contributed by atoms with Gasteiger partial charge in [-0.15, -0.1) is 0 Å². The molecule has 0 bridgehead atoms. The molecular weight excluding hydrogens is 181 g/mol. The van der Waals surface area contributed by atoms with E-state index >= 15 is 0 Å². The maximum absolute atomic E-state index is 13.1. The molecule has 0 fully saturated rings. The van der Waals surface area contributed by atoms with E-state index in [1.807, 2.05) is 6.07 Å². The molecule has 2 aromatic rings. The Kier molecular flexibility index (Phi) is 2.17. The van der Waals surface area contributed by atoms with Gasteiger partial charge in [-0.1, -0.05) is 0 Å². The van der Waals surface area contributed by atoms with Gasteiger partial charge in [0, 0.05) is 17.1 Å². The Bertz CT molecular complexity index is 482. The molecule has 72 valence electrons. The van der Waals surface area contributed by atoms with E-state index in [2.05, 4.69) is 4.98 Å². The highest BCUT2D eigenvalue weighted by atomic mass is 19.1. The number of aryl methyl sites for hydroxylation is 1. The first-order chi connectivity index (χ1) is 6.72. The molecule has 0 amide bonds. The van der Waals surface area contributed by atoms with Crippen LogP contribution in [0.1, 0.15) is 11.1 Å². The molecule has 0 aliphatic heterocycles. The van der Waals surface area contributed by atoms with Crippen molar-refractivity contribution in [2.45, 2.75) is 13.5 Å². The van der Waals surface area contributed by atoms with Crippen LogP contribution >= 0.6 is 0 Å². The van der Waals surface area contributed by atoms with Crippen LogP contribution in [-0.2, 0) is 6.61 Å². The van der Waals surface area contributed by atoms with Gasteiger partial charge < -0.3 is 5.11 Å². The fourth-order valence-electron chi connectivity index (χ4n) is 1.46. The second-order valence-corrected chi connectivity index (χ2v) is 3.25. The summed E-state index contributed by atoms with van der Waals surface area (Å²) in [5.74, 6) is -0.248. The predicted octanol–water partition coefficient (Wildman–Crippen LogP) is 2.17. The third-order valence-electron chi connectivity index (χ3n) is 2.28. The molecule has 1 aromatic heterocycles. The smallest absolute Gasteiger partial charge is 0.128 e. The molecule has 2 rings (SSSR count). The van der Waals surface area contributed by atoms with Crippen LogP contribution in [0.4, 0.5) is 4.39 Å². The van der Waals surface area contributed by atoms with Gasteiger partial charge in [-0.25, -0.2) is 4.39 Å². The fraction of sp³-hybridized carbons (Fsp3) is 0.182. The molecule has 1 heterocycles. The highest BCUT2D eigenvalue weighted by Crippen LogP contribution is 2.19. The molecule has 3 heteroatoms. The van der Waals surface area contributed by atoms with Gasteiger partial charge in [0.1, 0.15) is 5.82 Å². The van der Waals surface area contributed by atoms with Crippen molar-refractivity contribution < 1.29 is 9.50 Å². The summed E-state index contributed by atoms with van der Waals surface area (Å²) in [5, 5.41) is 9.76. The average Bonchev–Trinajstić information content (AvgIpc) is 2.23. The SMILES string of the molecule is Cc1c(F)ccc2cc(CO)cnc12. The van der Waals surface area contributed by atoms with Crippen molar-refractivity contribution in [3.8, 4) is 0 Å². The number of fused-ring (bicyclic) bond motifs is 1. The maximum atomic E-state index is 13.1. The summed E-state index contributed by atoms with van der Waals surface area (Å²) >= 11 is 0. The molecule has 2 nitrogen and oxygen atoms in total. The van der Waals surface area contributed by atoms with E-state index in [0.29, 0.717) is 11.1 Å². The fourth-order valence-corrected chi connectivity index (χ4v) is 1.46. The first kappa shape index (κ1) is 9.09. The first-order valence-electron chi connectivity index (χ1n) is 4.37. The minimum absolute atomic E-state index is 0.0423. The number of nitrogens with zero attached hydrogens (tertiary/aromatic N) is 1. The number of hydrogen-bond donors (Lipinski definition) is 1. The van der Waals surface area contributed by atoms with Crippen LogP contribution in [0.15, 0.2) is 24.4 Å². The lowest BCUT2D eigenvalue weighted by Gasteiger charge is -2.03. The summed E-state index contributed by atoms with van der Waals surface area (Å²) in [6, 6.07) is 4.90. The van der Waals surface area contributed by atoms with Gasteiger partial charge in [0.15, 0.2) is 0 Å². The monoisotopic (exact) mass is 191 g/mol. The van der Waals surface area contributed by atoms with Gasteiger partial charge in [-0.2, -0.15) is 0 Å². The van der Waals surface area contributed by atoms with Gasteiger partial charge in [0.05, 0.1) is 12.1 Å². The Balaban J connectivity index is 2.74. The van der Waals surface area contributed by atoms with Crippen molar-refractivity contribution in [3.05, 3.63) is 41.3 Å². The van der Waals surface area contributed by atoms with Gasteiger partial charge >= 0.3 is 0 Å². The van der Waals surface area contributed by atoms with Crippen LogP contribution in [-0.4, -0.2) is 10.1 Å². The van der Waals surface area contributed by atoms with Crippen molar-refractivity contribution >= 4 is 10.9 Å². The molecule has 0 unspecified atom stereocenters. The zero-order valence-electron chi connectivity index (χ0n) is 7.79. The molecule has 0 aliphatic carbocycles. The Morgan fingerprint density at radius 1 is 1.43 bits per heavy atom. The summed E-state index contributed by atoms with van der Waals surface area (Å²) in [5.41, 5.74) is 1.94. The molecule has 1 aromatic carbocycles. The standard InChI is InChI=1S/C11H10FNO/c1-7-10(12)3-2-9-4-8(6-14)5-13-11(7)9/h2-5,14H,6H2,1H3. The number of halogens is 1. The lowest BCUT2D eigenvalue weighted by atomic mass is 10.1. The highest BCUT2D eigenvalue weighted by Gasteiger charge is 2.04. The topological polar surface area (TPSA) is 33.1 Å². The van der Waals surface area contributed by atoms with Gasteiger partial charge in [0.2, 0.25) is 0 Å². The average molecular weight is 191 g/mol. The van der Waals surface area contributed by atoms with Gasteiger partial charge in [-0.3, -0.25) is 4.98 Å². The maximum Gasteiger partial charge on any atom is 0.128 e. The molecule has 1 N–H and O–H groups in total. The summed E-state index contributed by atoms with van der Waals surface area (Å²) in [7, 11) is 0. The van der Waals surface area contributed by atoms with E-state index in [1.165, 1.54) is 6.07 Å². The van der Waals surface area contributed by atoms with Crippen molar-refractivity contribution in [2.24, 2.45) is 0 Å². The van der Waals surface area contributed by atoms with Crippen molar-refractivity contribution in [1.82, 2.24) is 4.98 Å². The highest BCUT2D eigenvalue weighted by molar-refractivity contribution is 5.82. The molecule has 0 saturated heterocycles. The molecule has 0 radical (unpaired) electrons. The predicted molar refractivity (Wildman–Crippen MR) is 52.4 cm³/mol. The molecule has 0 saturated carbocycles. The second-order valence-electron chi connectivity index (χ2n) is 3.25. The largest absolute Gasteiger partial charge is 0.392 e. The van der Waals surface area contributed by atoms with E-state index < -0.39 is 0 Å². The number of rotatable bonds is 1. The molecule has 0 spiro atoms. The Labute approximate surface area is 81.0 Å². The molecule has 14 heavy (non-hydrogen) atoms. The third kappa shape index (κ3) is 1.36. The number of benzene rings is 1. The minimum Gasteiger partial charge on any atom is -0.392 e. The third-order valence-corrected chi connectivity index (χ3v) is 2.28. The van der Waals surface area contributed by atoms with Crippen LogP contribution < -0.4 is 0 Å². The number of aromatic nitrogens is 1. The molecular formula is C11H10FNO. The zero-order chi connectivity index (χ0) is 10.1. The lowest BCUT2D eigenvalue weighted by Crippen LogP contribution is -1.91. The number of hydrogen-bond acceptors (Lipinski definition) is 2. The van der Waals surface area contributed by atoms with Crippen LogP contribution in [0, 0.1) is 12.7 Å². The summed E-state index contributed by atoms with van der Waals surface area (Å²) in [6.45, 7) is 1.66. The summed E-state index contributed by atoms with van der Waals surface area (Å²) in [6.07, 6.45) is 1.56. The van der Waals surface area contributed by atoms with Crippen molar-refractivity contribution in [2.75, 3.05) is 0 Å². The van der Waals surface area contributed by atoms with Gasteiger partial charge in [0.25, 0.3) is 0 Å². The van der Waals surface area contributed by atoms with E-state index in [0.717, 1.165) is 10.9 Å². The van der Waals surface area contributed by atoms with E-state index in [1.54, 1.807) is 19.2 Å². The van der Waals surface area contributed by atoms with E-state index in [4.69, 9.17) is 5.11 Å². The molecule has 0 aliphatic rings. The Hall–Kier alpha value is -1.48. The van der Waals surface area contributed by atoms with Crippen LogP contribution in [0.3, 0.4) is 0 Å². The Morgan fingerprint density at radius 3 is 2.93 bits per heavy atom. The summed E-state index contributed by atoms with van der Waals surface area (Å²) < 4.78 is 13.1. The normalized spacial score (nSPS) is 10.8. The van der Waals surface area contributed by atoms with Crippen molar-refractivity contribution in [3.63, 3.8) is 0 Å². The van der Waals surface area contributed by atoms with Crippen LogP contribution in [0.2, 0.25) is 0 Å².